The lowest BCUT2D eigenvalue weighted by Gasteiger charge is -2.40. The highest BCUT2D eigenvalue weighted by molar-refractivity contribution is 5.87. The number of fused-ring (bicyclic) bond motifs is 1. The zero-order valence-corrected chi connectivity index (χ0v) is 21.9. The maximum atomic E-state index is 13.6. The molecule has 190 valence electrons. The van der Waals surface area contributed by atoms with Gasteiger partial charge in [0, 0.05) is 25.6 Å². The fourth-order valence-corrected chi connectivity index (χ4v) is 4.81. The van der Waals surface area contributed by atoms with Crippen molar-refractivity contribution in [2.24, 2.45) is 17.8 Å². The first-order valence-corrected chi connectivity index (χ1v) is 12.7. The van der Waals surface area contributed by atoms with Gasteiger partial charge in [-0.1, -0.05) is 33.8 Å². The Balaban J connectivity index is 1.78. The lowest BCUT2D eigenvalue weighted by Crippen LogP contribution is -2.57. The zero-order chi connectivity index (χ0) is 25.2. The Hall–Kier alpha value is -2.28. The molecular weight excluding hydrogens is 430 g/mol. The number of benzene rings is 1. The Kier molecular flexibility index (Phi) is 8.17. The van der Waals surface area contributed by atoms with Crippen LogP contribution in [-0.2, 0) is 22.5 Å². The van der Waals surface area contributed by atoms with Crippen molar-refractivity contribution < 1.29 is 19.4 Å². The summed E-state index contributed by atoms with van der Waals surface area (Å²) in [6.45, 7) is 17.5. The number of aromatic hydroxyl groups is 1. The number of likely N-dealkylation sites (tertiary alicyclic amines) is 1. The number of carbonyl (C=O) groups excluding carboxylic acids is 2. The first-order chi connectivity index (χ1) is 15.8. The summed E-state index contributed by atoms with van der Waals surface area (Å²) in [6.07, 6.45) is 1.06. The van der Waals surface area contributed by atoms with Crippen molar-refractivity contribution in [3.8, 4) is 5.75 Å². The maximum Gasteiger partial charge on any atom is 0.411 e. The average Bonchev–Trinajstić information content (AvgIpc) is 2.73. The van der Waals surface area contributed by atoms with Crippen LogP contribution in [0, 0.1) is 17.8 Å². The van der Waals surface area contributed by atoms with Crippen LogP contribution in [0.3, 0.4) is 0 Å². The van der Waals surface area contributed by atoms with Crippen LogP contribution in [0.2, 0.25) is 0 Å². The number of hydrogen-bond donors (Lipinski definition) is 2. The molecule has 1 aromatic carbocycles. The number of phenols is 1. The SMILES string of the molecule is CC(C)[C@@H](CN1CC[C@@H](C)[C@@H](C)C1)NC(=O)[C@H]1Cc2ccc(O)cc2CN1C(=O)OC(C)(C)C. The van der Waals surface area contributed by atoms with Gasteiger partial charge >= 0.3 is 6.09 Å². The summed E-state index contributed by atoms with van der Waals surface area (Å²) in [7, 11) is 0. The lowest BCUT2D eigenvalue weighted by molar-refractivity contribution is -0.128. The Labute approximate surface area is 204 Å². The molecule has 0 aromatic heterocycles. The second-order valence-electron chi connectivity index (χ2n) is 11.6. The van der Waals surface area contributed by atoms with Gasteiger partial charge in [-0.05, 0) is 74.8 Å². The fourth-order valence-electron chi connectivity index (χ4n) is 4.81. The highest BCUT2D eigenvalue weighted by Gasteiger charge is 2.38. The van der Waals surface area contributed by atoms with Crippen molar-refractivity contribution >= 4 is 12.0 Å². The van der Waals surface area contributed by atoms with Crippen LogP contribution in [0.25, 0.3) is 0 Å². The monoisotopic (exact) mass is 473 g/mol. The van der Waals surface area contributed by atoms with Gasteiger partial charge < -0.3 is 20.1 Å². The normalized spacial score (nSPS) is 24.5. The Bertz CT molecular complexity index is 879. The molecule has 2 heterocycles. The number of hydrogen-bond acceptors (Lipinski definition) is 5. The highest BCUT2D eigenvalue weighted by atomic mass is 16.6. The molecule has 7 heteroatoms. The van der Waals surface area contributed by atoms with Gasteiger partial charge in [-0.25, -0.2) is 4.79 Å². The van der Waals surface area contributed by atoms with Crippen LogP contribution < -0.4 is 5.32 Å². The third-order valence-corrected chi connectivity index (χ3v) is 7.26. The molecule has 1 fully saturated rings. The molecule has 2 amide bonds. The van der Waals surface area contributed by atoms with Crippen LogP contribution in [-0.4, -0.2) is 64.2 Å². The molecule has 1 aromatic rings. The smallest absolute Gasteiger partial charge is 0.411 e. The van der Waals surface area contributed by atoms with E-state index in [0.717, 1.165) is 36.7 Å². The third kappa shape index (κ3) is 6.65. The minimum atomic E-state index is -0.667. The Morgan fingerprint density at radius 3 is 2.50 bits per heavy atom. The topological polar surface area (TPSA) is 82.1 Å². The second-order valence-corrected chi connectivity index (χ2v) is 11.6. The predicted molar refractivity (Wildman–Crippen MR) is 134 cm³/mol. The molecule has 1 saturated heterocycles. The first-order valence-electron chi connectivity index (χ1n) is 12.7. The Morgan fingerprint density at radius 1 is 1.18 bits per heavy atom. The highest BCUT2D eigenvalue weighted by Crippen LogP contribution is 2.29. The molecule has 0 aliphatic carbocycles. The van der Waals surface area contributed by atoms with Crippen molar-refractivity contribution in [1.82, 2.24) is 15.1 Å². The maximum absolute atomic E-state index is 13.6. The third-order valence-electron chi connectivity index (χ3n) is 7.26. The molecule has 0 bridgehead atoms. The molecule has 34 heavy (non-hydrogen) atoms. The fraction of sp³-hybridized carbons (Fsp3) is 0.704. The van der Waals surface area contributed by atoms with Gasteiger partial charge in [-0.2, -0.15) is 0 Å². The minimum Gasteiger partial charge on any atom is -0.508 e. The number of ether oxygens (including phenoxy) is 1. The van der Waals surface area contributed by atoms with E-state index >= 15 is 0 Å². The van der Waals surface area contributed by atoms with Gasteiger partial charge in [0.05, 0.1) is 6.54 Å². The van der Waals surface area contributed by atoms with Crippen LogP contribution in [0.15, 0.2) is 18.2 Å². The summed E-state index contributed by atoms with van der Waals surface area (Å²) in [5, 5.41) is 13.2. The minimum absolute atomic E-state index is 0.00481. The second kappa shape index (κ2) is 10.5. The number of piperidine rings is 1. The summed E-state index contributed by atoms with van der Waals surface area (Å²) < 4.78 is 5.63. The van der Waals surface area contributed by atoms with Gasteiger partial charge in [0.25, 0.3) is 0 Å². The zero-order valence-electron chi connectivity index (χ0n) is 21.9. The van der Waals surface area contributed by atoms with E-state index in [1.54, 1.807) is 12.1 Å². The lowest BCUT2D eigenvalue weighted by atomic mass is 9.88. The molecule has 0 unspecified atom stereocenters. The average molecular weight is 474 g/mol. The van der Waals surface area contributed by atoms with Crippen LogP contribution in [0.5, 0.6) is 5.75 Å². The van der Waals surface area contributed by atoms with E-state index < -0.39 is 17.7 Å². The number of phenolic OH excluding ortho intramolecular Hbond substituents is 1. The molecular formula is C27H43N3O4. The van der Waals surface area contributed by atoms with E-state index in [9.17, 15) is 14.7 Å². The van der Waals surface area contributed by atoms with Gasteiger partial charge in [-0.15, -0.1) is 0 Å². The summed E-state index contributed by atoms with van der Waals surface area (Å²) >= 11 is 0. The predicted octanol–water partition coefficient (Wildman–Crippen LogP) is 4.17. The van der Waals surface area contributed by atoms with Crippen molar-refractivity contribution in [1.29, 1.82) is 0 Å². The van der Waals surface area contributed by atoms with E-state index in [2.05, 4.69) is 37.9 Å². The van der Waals surface area contributed by atoms with E-state index in [1.165, 1.54) is 11.3 Å². The first kappa shape index (κ1) is 26.3. The number of nitrogens with one attached hydrogen (secondary N) is 1. The van der Waals surface area contributed by atoms with E-state index in [0.29, 0.717) is 12.3 Å². The summed E-state index contributed by atoms with van der Waals surface area (Å²) in [5.74, 6) is 1.64. The standard InChI is InChI=1S/C27H43N3O4/c1-17(2)23(16-29-11-10-18(3)19(4)14-29)28-25(32)24-13-20-8-9-22(31)12-21(20)15-30(24)26(33)34-27(5,6)7/h8-9,12,17-19,23-24,31H,10-11,13-16H2,1-7H3,(H,28,32)/t18-,19+,23-,24-/m1/s1. The molecule has 2 aliphatic heterocycles. The molecule has 2 aliphatic rings. The van der Waals surface area contributed by atoms with Gasteiger partial charge in [0.15, 0.2) is 0 Å². The molecule has 0 spiro atoms. The molecule has 7 nitrogen and oxygen atoms in total. The molecule has 4 atom stereocenters. The van der Waals surface area contributed by atoms with Crippen molar-refractivity contribution in [2.45, 2.75) is 85.5 Å². The van der Waals surface area contributed by atoms with Gasteiger partial charge in [0.2, 0.25) is 5.91 Å². The van der Waals surface area contributed by atoms with Gasteiger partial charge in [0.1, 0.15) is 17.4 Å². The van der Waals surface area contributed by atoms with Crippen molar-refractivity contribution in [3.63, 3.8) is 0 Å². The number of amides is 2. The van der Waals surface area contributed by atoms with Crippen LogP contribution in [0.4, 0.5) is 4.79 Å². The summed E-state index contributed by atoms with van der Waals surface area (Å²) in [4.78, 5) is 30.6. The molecule has 0 radical (unpaired) electrons. The number of nitrogens with zero attached hydrogens (tertiary/aromatic N) is 2. The molecule has 3 rings (SSSR count). The van der Waals surface area contributed by atoms with E-state index in [4.69, 9.17) is 4.74 Å². The van der Waals surface area contributed by atoms with E-state index in [-0.39, 0.29) is 30.2 Å². The van der Waals surface area contributed by atoms with Crippen LogP contribution in [0.1, 0.15) is 66.0 Å². The number of rotatable bonds is 5. The largest absolute Gasteiger partial charge is 0.508 e. The van der Waals surface area contributed by atoms with E-state index in [1.807, 2.05) is 26.8 Å². The summed E-state index contributed by atoms with van der Waals surface area (Å²) in [5.41, 5.74) is 1.14. The van der Waals surface area contributed by atoms with Crippen molar-refractivity contribution in [3.05, 3.63) is 29.3 Å². The van der Waals surface area contributed by atoms with Gasteiger partial charge in [-0.3, -0.25) is 9.69 Å². The number of carbonyl (C=O) groups is 2. The molecule has 0 saturated carbocycles. The quantitative estimate of drug-likeness (QED) is 0.671. The Morgan fingerprint density at radius 2 is 1.88 bits per heavy atom. The summed E-state index contributed by atoms with van der Waals surface area (Å²) in [6, 6.07) is 4.47. The van der Waals surface area contributed by atoms with Crippen molar-refractivity contribution in [2.75, 3.05) is 19.6 Å². The molecule has 2 N–H and O–H groups in total. The van der Waals surface area contributed by atoms with Crippen LogP contribution >= 0.6 is 0 Å².